The van der Waals surface area contributed by atoms with Crippen molar-refractivity contribution in [2.24, 2.45) is 0 Å². The van der Waals surface area contributed by atoms with E-state index in [-0.39, 0.29) is 12.0 Å². The lowest BCUT2D eigenvalue weighted by Crippen LogP contribution is -2.42. The maximum Gasteiger partial charge on any atom is 0.228 e. The first-order chi connectivity index (χ1) is 11.8. The van der Waals surface area contributed by atoms with Gasteiger partial charge in [-0.1, -0.05) is 6.07 Å². The number of thiazole rings is 1. The van der Waals surface area contributed by atoms with Crippen LogP contribution in [-0.2, 0) is 16.0 Å². The highest BCUT2D eigenvalue weighted by atomic mass is 32.1. The standard InChI is InChI=1S/C18H19N3O2S/c22-17-7-12-6-11(3-4-14(12)19-17)15-10-24-18(20-15)16-8-21-5-1-2-13(21)9-23-16/h3-4,6,10,13,16H,1-2,5,7-9H2,(H,19,22). The number of morpholine rings is 1. The average molecular weight is 341 g/mol. The number of hydrogen-bond acceptors (Lipinski definition) is 5. The van der Waals surface area contributed by atoms with E-state index in [0.717, 1.165) is 40.7 Å². The van der Waals surface area contributed by atoms with Crippen LogP contribution in [0.2, 0.25) is 0 Å². The summed E-state index contributed by atoms with van der Waals surface area (Å²) in [6.45, 7) is 2.97. The zero-order valence-electron chi connectivity index (χ0n) is 13.3. The maximum absolute atomic E-state index is 11.5. The summed E-state index contributed by atoms with van der Waals surface area (Å²) >= 11 is 1.67. The van der Waals surface area contributed by atoms with Crippen molar-refractivity contribution in [2.75, 3.05) is 25.0 Å². The number of ether oxygens (including phenoxy) is 1. The van der Waals surface area contributed by atoms with Gasteiger partial charge >= 0.3 is 0 Å². The number of fused-ring (bicyclic) bond motifs is 2. The number of carbonyl (C=O) groups is 1. The number of aromatic nitrogens is 1. The minimum Gasteiger partial charge on any atom is -0.368 e. The Balaban J connectivity index is 1.38. The number of benzene rings is 1. The number of nitrogens with zero attached hydrogens (tertiary/aromatic N) is 2. The fourth-order valence-electron chi connectivity index (χ4n) is 3.92. The first-order valence-corrected chi connectivity index (χ1v) is 9.38. The third-order valence-electron chi connectivity index (χ3n) is 5.21. The van der Waals surface area contributed by atoms with Crippen molar-refractivity contribution in [3.63, 3.8) is 0 Å². The minimum absolute atomic E-state index is 0.0666. The summed E-state index contributed by atoms with van der Waals surface area (Å²) in [5, 5.41) is 6.03. The molecule has 0 saturated carbocycles. The Kier molecular flexibility index (Phi) is 3.43. The Hall–Kier alpha value is -1.76. The molecule has 124 valence electrons. The zero-order chi connectivity index (χ0) is 16.1. The van der Waals surface area contributed by atoms with E-state index in [0.29, 0.717) is 12.5 Å². The molecule has 1 amide bonds. The summed E-state index contributed by atoms with van der Waals surface area (Å²) in [6.07, 6.45) is 3.10. The van der Waals surface area contributed by atoms with Crippen LogP contribution in [0.1, 0.15) is 29.5 Å². The Bertz CT molecular complexity index is 803. The monoisotopic (exact) mass is 341 g/mol. The fourth-order valence-corrected chi connectivity index (χ4v) is 4.79. The molecular formula is C18H19N3O2S. The topological polar surface area (TPSA) is 54.5 Å². The highest BCUT2D eigenvalue weighted by Gasteiger charge is 2.34. The number of rotatable bonds is 2. The summed E-state index contributed by atoms with van der Waals surface area (Å²) in [4.78, 5) is 18.9. The second-order valence-corrected chi connectivity index (χ2v) is 7.67. The van der Waals surface area contributed by atoms with Gasteiger partial charge in [-0.25, -0.2) is 4.98 Å². The Labute approximate surface area is 144 Å². The van der Waals surface area contributed by atoms with E-state index in [1.54, 1.807) is 11.3 Å². The Morgan fingerprint density at radius 1 is 1.38 bits per heavy atom. The average Bonchev–Trinajstić information content (AvgIpc) is 3.31. The number of hydrogen-bond donors (Lipinski definition) is 1. The van der Waals surface area contributed by atoms with E-state index in [1.165, 1.54) is 19.4 Å². The van der Waals surface area contributed by atoms with Crippen LogP contribution in [-0.4, -0.2) is 41.5 Å². The van der Waals surface area contributed by atoms with Crippen molar-refractivity contribution < 1.29 is 9.53 Å². The van der Waals surface area contributed by atoms with Gasteiger partial charge in [-0.2, -0.15) is 0 Å². The molecule has 2 aromatic rings. The molecule has 5 rings (SSSR count). The van der Waals surface area contributed by atoms with Gasteiger partial charge in [0.15, 0.2) is 0 Å². The van der Waals surface area contributed by atoms with E-state index in [2.05, 4.69) is 21.7 Å². The Morgan fingerprint density at radius 2 is 2.33 bits per heavy atom. The van der Waals surface area contributed by atoms with Crippen LogP contribution < -0.4 is 5.32 Å². The second-order valence-electron chi connectivity index (χ2n) is 6.78. The smallest absolute Gasteiger partial charge is 0.228 e. The van der Waals surface area contributed by atoms with E-state index < -0.39 is 0 Å². The molecule has 0 bridgehead atoms. The van der Waals surface area contributed by atoms with Gasteiger partial charge in [-0.3, -0.25) is 9.69 Å². The van der Waals surface area contributed by atoms with Crippen molar-refractivity contribution in [1.29, 1.82) is 0 Å². The van der Waals surface area contributed by atoms with Crippen molar-refractivity contribution >= 4 is 22.9 Å². The van der Waals surface area contributed by atoms with Gasteiger partial charge in [-0.05, 0) is 37.1 Å². The van der Waals surface area contributed by atoms with Gasteiger partial charge in [0.25, 0.3) is 0 Å². The molecule has 2 fully saturated rings. The van der Waals surface area contributed by atoms with E-state index >= 15 is 0 Å². The number of amides is 1. The summed E-state index contributed by atoms with van der Waals surface area (Å²) in [6, 6.07) is 6.69. The largest absolute Gasteiger partial charge is 0.368 e. The summed E-state index contributed by atoms with van der Waals surface area (Å²) < 4.78 is 6.07. The molecule has 1 aromatic heterocycles. The fraction of sp³-hybridized carbons (Fsp3) is 0.444. The normalized spacial score (nSPS) is 26.2. The third kappa shape index (κ3) is 2.46. The molecule has 2 saturated heterocycles. The molecule has 1 N–H and O–H groups in total. The van der Waals surface area contributed by atoms with Crippen LogP contribution >= 0.6 is 11.3 Å². The van der Waals surface area contributed by atoms with Crippen molar-refractivity contribution in [3.05, 3.63) is 34.2 Å². The molecule has 0 spiro atoms. The predicted octanol–water partition coefficient (Wildman–Crippen LogP) is 2.84. The molecule has 2 atom stereocenters. The van der Waals surface area contributed by atoms with Gasteiger partial charge < -0.3 is 10.1 Å². The Morgan fingerprint density at radius 3 is 3.29 bits per heavy atom. The van der Waals surface area contributed by atoms with Gasteiger partial charge in [0, 0.05) is 29.2 Å². The number of carbonyl (C=O) groups excluding carboxylic acids is 1. The molecule has 6 heteroatoms. The van der Waals surface area contributed by atoms with Gasteiger partial charge in [-0.15, -0.1) is 11.3 Å². The molecule has 0 aliphatic carbocycles. The van der Waals surface area contributed by atoms with Gasteiger partial charge in [0.2, 0.25) is 5.91 Å². The number of anilines is 1. The summed E-state index contributed by atoms with van der Waals surface area (Å²) in [7, 11) is 0. The van der Waals surface area contributed by atoms with Crippen LogP contribution in [0, 0.1) is 0 Å². The highest BCUT2D eigenvalue weighted by Crippen LogP contribution is 2.34. The quantitative estimate of drug-likeness (QED) is 0.913. The highest BCUT2D eigenvalue weighted by molar-refractivity contribution is 7.10. The lowest BCUT2D eigenvalue weighted by Gasteiger charge is -2.34. The molecular weight excluding hydrogens is 322 g/mol. The summed E-state index contributed by atoms with van der Waals surface area (Å²) in [5.74, 6) is 0.0666. The SMILES string of the molecule is O=C1Cc2cc(-c3csc(C4CN5CCCC5CO4)n3)ccc2N1. The lowest BCUT2D eigenvalue weighted by molar-refractivity contribution is -0.115. The molecule has 1 aromatic carbocycles. The lowest BCUT2D eigenvalue weighted by atomic mass is 10.1. The minimum atomic E-state index is 0.0666. The molecule has 24 heavy (non-hydrogen) atoms. The van der Waals surface area contributed by atoms with Crippen molar-refractivity contribution in [3.8, 4) is 11.3 Å². The molecule has 3 aliphatic rings. The van der Waals surface area contributed by atoms with E-state index in [9.17, 15) is 4.79 Å². The molecule has 2 unspecified atom stereocenters. The van der Waals surface area contributed by atoms with Crippen molar-refractivity contribution in [2.45, 2.75) is 31.4 Å². The number of nitrogens with one attached hydrogen (secondary N) is 1. The van der Waals surface area contributed by atoms with Gasteiger partial charge in [0.05, 0.1) is 18.7 Å². The third-order valence-corrected chi connectivity index (χ3v) is 6.15. The maximum atomic E-state index is 11.5. The predicted molar refractivity (Wildman–Crippen MR) is 93.2 cm³/mol. The van der Waals surface area contributed by atoms with Crippen LogP contribution in [0.25, 0.3) is 11.3 Å². The zero-order valence-corrected chi connectivity index (χ0v) is 14.1. The molecule has 0 radical (unpaired) electrons. The second kappa shape index (κ2) is 5.65. The van der Waals surface area contributed by atoms with Crippen LogP contribution in [0.5, 0.6) is 0 Å². The molecule has 5 nitrogen and oxygen atoms in total. The van der Waals surface area contributed by atoms with Crippen LogP contribution in [0.15, 0.2) is 23.6 Å². The van der Waals surface area contributed by atoms with Crippen molar-refractivity contribution in [1.82, 2.24) is 9.88 Å². The van der Waals surface area contributed by atoms with E-state index in [1.807, 2.05) is 12.1 Å². The first kappa shape index (κ1) is 14.6. The molecule has 3 aliphatic heterocycles. The summed E-state index contributed by atoms with van der Waals surface area (Å²) in [5.41, 5.74) is 4.03. The van der Waals surface area contributed by atoms with E-state index in [4.69, 9.17) is 9.72 Å². The van der Waals surface area contributed by atoms with Crippen LogP contribution in [0.4, 0.5) is 5.69 Å². The van der Waals surface area contributed by atoms with Gasteiger partial charge in [0.1, 0.15) is 11.1 Å². The first-order valence-electron chi connectivity index (χ1n) is 8.50. The molecule has 4 heterocycles. The van der Waals surface area contributed by atoms with Crippen LogP contribution in [0.3, 0.4) is 0 Å².